The third-order valence-corrected chi connectivity index (χ3v) is 3.98. The molecular formula is C16H13N3O5. The van der Waals surface area contributed by atoms with Crippen molar-refractivity contribution in [3.63, 3.8) is 0 Å². The third-order valence-electron chi connectivity index (χ3n) is 3.98. The molecule has 0 bridgehead atoms. The van der Waals surface area contributed by atoms with Gasteiger partial charge in [-0.05, 0) is 17.5 Å². The quantitative estimate of drug-likeness (QED) is 0.634. The molecule has 8 nitrogen and oxygen atoms in total. The van der Waals surface area contributed by atoms with Gasteiger partial charge >= 0.3 is 0 Å². The first-order chi connectivity index (χ1) is 11.5. The maximum Gasteiger partial charge on any atom is 0.271 e. The van der Waals surface area contributed by atoms with Gasteiger partial charge in [0, 0.05) is 30.8 Å². The van der Waals surface area contributed by atoms with E-state index in [-0.39, 0.29) is 23.7 Å². The molecule has 0 saturated heterocycles. The number of nitrogens with zero attached hydrogens (tertiary/aromatic N) is 3. The SMILES string of the molecule is O=C(Cc1ccc([N+](=O)[O-])cc1)N1CCc2ccc([N+](=O)[O-])cc21. The Labute approximate surface area is 136 Å². The highest BCUT2D eigenvalue weighted by atomic mass is 16.6. The van der Waals surface area contributed by atoms with E-state index in [1.165, 1.54) is 29.2 Å². The number of hydrogen-bond acceptors (Lipinski definition) is 5. The fourth-order valence-corrected chi connectivity index (χ4v) is 2.75. The van der Waals surface area contributed by atoms with Gasteiger partial charge in [0.15, 0.2) is 0 Å². The average molecular weight is 327 g/mol. The normalized spacial score (nSPS) is 12.8. The Morgan fingerprint density at radius 2 is 1.62 bits per heavy atom. The van der Waals surface area contributed by atoms with E-state index in [4.69, 9.17) is 0 Å². The number of fused-ring (bicyclic) bond motifs is 1. The molecule has 0 aromatic heterocycles. The Morgan fingerprint density at radius 3 is 2.25 bits per heavy atom. The Balaban J connectivity index is 1.79. The summed E-state index contributed by atoms with van der Waals surface area (Å²) in [7, 11) is 0. The van der Waals surface area contributed by atoms with Crippen molar-refractivity contribution in [2.45, 2.75) is 12.8 Å². The highest BCUT2D eigenvalue weighted by Crippen LogP contribution is 2.32. The molecule has 122 valence electrons. The van der Waals surface area contributed by atoms with Gasteiger partial charge in [0.2, 0.25) is 5.91 Å². The molecule has 0 N–H and O–H groups in total. The van der Waals surface area contributed by atoms with Gasteiger partial charge in [-0.15, -0.1) is 0 Å². The number of nitro benzene ring substituents is 2. The average Bonchev–Trinajstić information content (AvgIpc) is 2.98. The van der Waals surface area contributed by atoms with Crippen LogP contribution in [-0.4, -0.2) is 22.3 Å². The lowest BCUT2D eigenvalue weighted by atomic mass is 10.1. The molecular weight excluding hydrogens is 314 g/mol. The molecule has 0 radical (unpaired) electrons. The Hall–Kier alpha value is -3.29. The lowest BCUT2D eigenvalue weighted by Crippen LogP contribution is -2.30. The van der Waals surface area contributed by atoms with Crippen molar-refractivity contribution in [1.82, 2.24) is 0 Å². The molecule has 1 amide bonds. The molecule has 3 rings (SSSR count). The number of amides is 1. The number of nitro groups is 2. The van der Waals surface area contributed by atoms with Crippen LogP contribution in [0, 0.1) is 20.2 Å². The molecule has 1 aliphatic heterocycles. The van der Waals surface area contributed by atoms with Gasteiger partial charge < -0.3 is 4.90 Å². The number of hydrogen-bond donors (Lipinski definition) is 0. The smallest absolute Gasteiger partial charge is 0.271 e. The third kappa shape index (κ3) is 2.94. The summed E-state index contributed by atoms with van der Waals surface area (Å²) in [6.07, 6.45) is 0.736. The summed E-state index contributed by atoms with van der Waals surface area (Å²) in [6.45, 7) is 0.475. The van der Waals surface area contributed by atoms with Gasteiger partial charge in [0.05, 0.1) is 22.0 Å². The Kier molecular flexibility index (Phi) is 3.95. The van der Waals surface area contributed by atoms with E-state index in [1.54, 1.807) is 18.2 Å². The van der Waals surface area contributed by atoms with Gasteiger partial charge in [0.1, 0.15) is 0 Å². The van der Waals surface area contributed by atoms with Crippen LogP contribution >= 0.6 is 0 Å². The van der Waals surface area contributed by atoms with Crippen LogP contribution in [0.1, 0.15) is 11.1 Å². The second kappa shape index (κ2) is 6.07. The number of carbonyl (C=O) groups excluding carboxylic acids is 1. The van der Waals surface area contributed by atoms with Crippen LogP contribution in [0.5, 0.6) is 0 Å². The molecule has 0 aliphatic carbocycles. The van der Waals surface area contributed by atoms with Crippen molar-refractivity contribution in [3.8, 4) is 0 Å². The zero-order chi connectivity index (χ0) is 17.3. The van der Waals surface area contributed by atoms with Crippen molar-refractivity contribution < 1.29 is 14.6 Å². The molecule has 8 heteroatoms. The lowest BCUT2D eigenvalue weighted by Gasteiger charge is -2.17. The predicted octanol–water partition coefficient (Wildman–Crippen LogP) is 2.63. The number of non-ortho nitro benzene ring substituents is 2. The van der Waals surface area contributed by atoms with Gasteiger partial charge in [-0.2, -0.15) is 0 Å². The Morgan fingerprint density at radius 1 is 1.00 bits per heavy atom. The predicted molar refractivity (Wildman–Crippen MR) is 86.0 cm³/mol. The van der Waals surface area contributed by atoms with Crippen molar-refractivity contribution in [2.24, 2.45) is 0 Å². The highest BCUT2D eigenvalue weighted by Gasteiger charge is 2.26. The van der Waals surface area contributed by atoms with Gasteiger partial charge in [0.25, 0.3) is 11.4 Å². The van der Waals surface area contributed by atoms with Crippen LogP contribution in [0.25, 0.3) is 0 Å². The van der Waals surface area contributed by atoms with E-state index in [0.29, 0.717) is 24.2 Å². The first kappa shape index (κ1) is 15.6. The summed E-state index contributed by atoms with van der Waals surface area (Å²) >= 11 is 0. The van der Waals surface area contributed by atoms with Crippen molar-refractivity contribution >= 4 is 23.0 Å². The molecule has 1 heterocycles. The van der Waals surface area contributed by atoms with E-state index in [1.807, 2.05) is 0 Å². The highest BCUT2D eigenvalue weighted by molar-refractivity contribution is 5.97. The summed E-state index contributed by atoms with van der Waals surface area (Å²) in [5.41, 5.74) is 2.04. The maximum absolute atomic E-state index is 12.5. The number of carbonyl (C=O) groups is 1. The van der Waals surface area contributed by atoms with Gasteiger partial charge in [-0.1, -0.05) is 18.2 Å². The minimum absolute atomic E-state index is 0.0339. The Bertz CT molecular complexity index is 832. The zero-order valence-electron chi connectivity index (χ0n) is 12.5. The molecule has 2 aromatic carbocycles. The minimum Gasteiger partial charge on any atom is -0.311 e. The fourth-order valence-electron chi connectivity index (χ4n) is 2.75. The summed E-state index contributed by atoms with van der Waals surface area (Å²) < 4.78 is 0. The molecule has 2 aromatic rings. The first-order valence-corrected chi connectivity index (χ1v) is 7.27. The number of benzene rings is 2. The molecule has 0 fully saturated rings. The second-order valence-electron chi connectivity index (χ2n) is 5.47. The van der Waals surface area contributed by atoms with Crippen LogP contribution in [0.3, 0.4) is 0 Å². The molecule has 1 aliphatic rings. The van der Waals surface area contributed by atoms with Crippen LogP contribution in [-0.2, 0) is 17.6 Å². The van der Waals surface area contributed by atoms with Crippen LogP contribution < -0.4 is 4.90 Å². The summed E-state index contributed by atoms with van der Waals surface area (Å²) in [6, 6.07) is 10.3. The van der Waals surface area contributed by atoms with Crippen molar-refractivity contribution in [2.75, 3.05) is 11.4 Å². The summed E-state index contributed by atoms with van der Waals surface area (Å²) in [4.78, 5) is 34.6. The number of anilines is 1. The van der Waals surface area contributed by atoms with Crippen molar-refractivity contribution in [3.05, 3.63) is 73.8 Å². The van der Waals surface area contributed by atoms with Crippen LogP contribution in [0.15, 0.2) is 42.5 Å². The summed E-state index contributed by atoms with van der Waals surface area (Å²) in [5, 5.41) is 21.5. The van der Waals surface area contributed by atoms with E-state index in [2.05, 4.69) is 0 Å². The fraction of sp³-hybridized carbons (Fsp3) is 0.188. The maximum atomic E-state index is 12.5. The van der Waals surface area contributed by atoms with Crippen molar-refractivity contribution in [1.29, 1.82) is 0 Å². The monoisotopic (exact) mass is 327 g/mol. The lowest BCUT2D eigenvalue weighted by molar-refractivity contribution is -0.385. The molecule has 0 atom stereocenters. The molecule has 0 unspecified atom stereocenters. The van der Waals surface area contributed by atoms with E-state index in [0.717, 1.165) is 5.56 Å². The molecule has 0 saturated carbocycles. The van der Waals surface area contributed by atoms with E-state index in [9.17, 15) is 25.0 Å². The second-order valence-corrected chi connectivity index (χ2v) is 5.47. The molecule has 0 spiro atoms. The minimum atomic E-state index is -0.499. The summed E-state index contributed by atoms with van der Waals surface area (Å²) in [5.74, 6) is -0.192. The van der Waals surface area contributed by atoms with E-state index < -0.39 is 9.85 Å². The first-order valence-electron chi connectivity index (χ1n) is 7.27. The van der Waals surface area contributed by atoms with Gasteiger partial charge in [-0.3, -0.25) is 25.0 Å². The number of rotatable bonds is 4. The zero-order valence-corrected chi connectivity index (χ0v) is 12.5. The largest absolute Gasteiger partial charge is 0.311 e. The van der Waals surface area contributed by atoms with Gasteiger partial charge in [-0.25, -0.2) is 0 Å². The van der Waals surface area contributed by atoms with Crippen LogP contribution in [0.2, 0.25) is 0 Å². The van der Waals surface area contributed by atoms with Crippen LogP contribution in [0.4, 0.5) is 17.1 Å². The van der Waals surface area contributed by atoms with E-state index >= 15 is 0 Å². The molecule has 24 heavy (non-hydrogen) atoms. The topological polar surface area (TPSA) is 107 Å². The standard InChI is InChI=1S/C16H13N3O5/c20-16(9-11-1-4-13(5-2-11)18(21)22)17-8-7-12-3-6-14(19(23)24)10-15(12)17/h1-6,10H,7-9H2.